The molecule has 2 rings (SSSR count). The molecule has 0 aliphatic carbocycles. The Morgan fingerprint density at radius 1 is 1.50 bits per heavy atom. The molecule has 18 heavy (non-hydrogen) atoms. The highest BCUT2D eigenvalue weighted by Crippen LogP contribution is 2.28. The number of rotatable bonds is 3. The second-order valence-electron chi connectivity index (χ2n) is 4.87. The molecule has 1 aromatic carbocycles. The minimum Gasteiger partial charge on any atom is -0.508 e. The Labute approximate surface area is 113 Å². The largest absolute Gasteiger partial charge is 0.508 e. The van der Waals surface area contributed by atoms with Gasteiger partial charge >= 0.3 is 0 Å². The molecule has 0 aromatic heterocycles. The van der Waals surface area contributed by atoms with E-state index in [2.05, 4.69) is 18.7 Å². The quantitative estimate of drug-likeness (QED) is 0.916. The molecule has 2 atom stereocenters. The lowest BCUT2D eigenvalue weighted by Crippen LogP contribution is -2.47. The number of phenolic OH excluding ortho intramolecular Hbond substituents is 1. The molecule has 1 aromatic rings. The van der Waals surface area contributed by atoms with Crippen molar-refractivity contribution in [3.05, 3.63) is 28.8 Å². The minimum absolute atomic E-state index is 0.234. The van der Waals surface area contributed by atoms with Gasteiger partial charge in [-0.05, 0) is 25.5 Å². The van der Waals surface area contributed by atoms with Gasteiger partial charge in [0.15, 0.2) is 0 Å². The maximum atomic E-state index is 9.90. The summed E-state index contributed by atoms with van der Waals surface area (Å²) in [4.78, 5) is 2.34. The predicted octanol–water partition coefficient (Wildman–Crippen LogP) is 3.04. The normalized spacial score (nSPS) is 25.3. The van der Waals surface area contributed by atoms with Crippen molar-refractivity contribution in [1.29, 1.82) is 0 Å². The second-order valence-corrected chi connectivity index (χ2v) is 5.28. The number of nitrogens with zero attached hydrogens (tertiary/aromatic N) is 1. The van der Waals surface area contributed by atoms with Gasteiger partial charge in [0.1, 0.15) is 5.75 Å². The van der Waals surface area contributed by atoms with Gasteiger partial charge in [0, 0.05) is 29.7 Å². The van der Waals surface area contributed by atoms with Crippen LogP contribution in [-0.4, -0.2) is 35.3 Å². The number of halogens is 1. The lowest BCUT2D eigenvalue weighted by Gasteiger charge is -2.38. The Bertz CT molecular complexity index is 391. The fourth-order valence-corrected chi connectivity index (χ4v) is 2.62. The molecule has 2 unspecified atom stereocenters. The summed E-state index contributed by atoms with van der Waals surface area (Å²) in [5.41, 5.74) is 0.812. The Morgan fingerprint density at radius 2 is 2.28 bits per heavy atom. The first-order valence-corrected chi connectivity index (χ1v) is 6.81. The summed E-state index contributed by atoms with van der Waals surface area (Å²) in [6.45, 7) is 6.54. The lowest BCUT2D eigenvalue weighted by atomic mass is 10.1. The molecule has 1 aliphatic rings. The van der Waals surface area contributed by atoms with E-state index in [1.165, 1.54) is 0 Å². The first-order valence-electron chi connectivity index (χ1n) is 6.43. The first kappa shape index (κ1) is 13.7. The highest BCUT2D eigenvalue weighted by Gasteiger charge is 2.26. The number of phenols is 1. The van der Waals surface area contributed by atoms with Crippen LogP contribution in [0.1, 0.15) is 25.8 Å². The lowest BCUT2D eigenvalue weighted by molar-refractivity contribution is -0.0593. The number of morpholine rings is 1. The van der Waals surface area contributed by atoms with Crippen LogP contribution in [0.3, 0.4) is 0 Å². The van der Waals surface area contributed by atoms with Crippen molar-refractivity contribution < 1.29 is 9.84 Å². The van der Waals surface area contributed by atoms with E-state index in [1.807, 2.05) is 6.07 Å². The van der Waals surface area contributed by atoms with Crippen molar-refractivity contribution in [2.75, 3.05) is 13.2 Å². The van der Waals surface area contributed by atoms with Gasteiger partial charge in [-0.2, -0.15) is 0 Å². The average Bonchev–Trinajstić information content (AvgIpc) is 2.34. The van der Waals surface area contributed by atoms with Gasteiger partial charge < -0.3 is 9.84 Å². The van der Waals surface area contributed by atoms with Gasteiger partial charge in [0.25, 0.3) is 0 Å². The molecule has 0 bridgehead atoms. The van der Waals surface area contributed by atoms with Crippen molar-refractivity contribution in [2.24, 2.45) is 0 Å². The zero-order valence-corrected chi connectivity index (χ0v) is 11.7. The van der Waals surface area contributed by atoms with Crippen molar-refractivity contribution in [1.82, 2.24) is 4.90 Å². The smallest absolute Gasteiger partial charge is 0.121 e. The molecule has 1 N–H and O–H groups in total. The number of hydrogen-bond acceptors (Lipinski definition) is 3. The van der Waals surface area contributed by atoms with E-state index >= 15 is 0 Å². The molecule has 3 nitrogen and oxygen atoms in total. The van der Waals surface area contributed by atoms with Gasteiger partial charge in [-0.1, -0.05) is 24.6 Å². The van der Waals surface area contributed by atoms with Crippen LogP contribution in [0.25, 0.3) is 0 Å². The summed E-state index contributed by atoms with van der Waals surface area (Å²) in [6.07, 6.45) is 1.27. The summed E-state index contributed by atoms with van der Waals surface area (Å²) in [5, 5.41) is 10.5. The van der Waals surface area contributed by atoms with Crippen LogP contribution in [0.5, 0.6) is 5.75 Å². The van der Waals surface area contributed by atoms with Gasteiger partial charge in [-0.25, -0.2) is 0 Å². The standard InChI is InChI=1S/C14H20ClNO2/c1-3-11-9-18-10(2)7-16(11)8-12-13(15)5-4-6-14(12)17/h4-6,10-11,17H,3,7-9H2,1-2H3. The molecule has 0 saturated carbocycles. The monoisotopic (exact) mass is 269 g/mol. The number of benzene rings is 1. The van der Waals surface area contributed by atoms with Gasteiger partial charge in [0.2, 0.25) is 0 Å². The van der Waals surface area contributed by atoms with Crippen LogP contribution >= 0.6 is 11.6 Å². The van der Waals surface area contributed by atoms with Crippen LogP contribution in [0.4, 0.5) is 0 Å². The Morgan fingerprint density at radius 3 is 2.94 bits per heavy atom. The summed E-state index contributed by atoms with van der Waals surface area (Å²) < 4.78 is 5.67. The maximum Gasteiger partial charge on any atom is 0.121 e. The third-order valence-corrected chi connectivity index (χ3v) is 3.86. The van der Waals surface area contributed by atoms with Crippen LogP contribution in [0.2, 0.25) is 5.02 Å². The van der Waals surface area contributed by atoms with E-state index < -0.39 is 0 Å². The molecule has 0 amide bonds. The van der Waals surface area contributed by atoms with Crippen LogP contribution in [-0.2, 0) is 11.3 Å². The van der Waals surface area contributed by atoms with Crippen molar-refractivity contribution in [2.45, 2.75) is 39.0 Å². The van der Waals surface area contributed by atoms with E-state index in [0.717, 1.165) is 25.1 Å². The molecule has 0 radical (unpaired) electrons. The van der Waals surface area contributed by atoms with E-state index in [0.29, 0.717) is 17.6 Å². The zero-order valence-electron chi connectivity index (χ0n) is 10.9. The average molecular weight is 270 g/mol. The number of aromatic hydroxyl groups is 1. The number of hydrogen-bond donors (Lipinski definition) is 1. The topological polar surface area (TPSA) is 32.7 Å². The van der Waals surface area contributed by atoms with E-state index in [-0.39, 0.29) is 11.9 Å². The van der Waals surface area contributed by atoms with Crippen molar-refractivity contribution >= 4 is 11.6 Å². The fourth-order valence-electron chi connectivity index (χ4n) is 2.39. The summed E-state index contributed by atoms with van der Waals surface area (Å²) in [5.74, 6) is 0.275. The summed E-state index contributed by atoms with van der Waals surface area (Å²) in [7, 11) is 0. The maximum absolute atomic E-state index is 9.90. The third-order valence-electron chi connectivity index (χ3n) is 3.51. The molecule has 100 valence electrons. The molecular formula is C14H20ClNO2. The molecule has 1 fully saturated rings. The van der Waals surface area contributed by atoms with Crippen molar-refractivity contribution in [3.63, 3.8) is 0 Å². The fraction of sp³-hybridized carbons (Fsp3) is 0.571. The Hall–Kier alpha value is -0.770. The SMILES string of the molecule is CCC1COC(C)CN1Cc1c(O)cccc1Cl. The van der Waals surface area contributed by atoms with Crippen LogP contribution < -0.4 is 0 Å². The molecular weight excluding hydrogens is 250 g/mol. The van der Waals surface area contributed by atoms with E-state index in [1.54, 1.807) is 12.1 Å². The molecule has 4 heteroatoms. The third kappa shape index (κ3) is 2.97. The zero-order chi connectivity index (χ0) is 13.1. The van der Waals surface area contributed by atoms with Crippen LogP contribution in [0, 0.1) is 0 Å². The summed E-state index contributed by atoms with van der Waals surface area (Å²) in [6, 6.07) is 5.67. The molecule has 1 aliphatic heterocycles. The van der Waals surface area contributed by atoms with Crippen LogP contribution in [0.15, 0.2) is 18.2 Å². The highest BCUT2D eigenvalue weighted by atomic mass is 35.5. The minimum atomic E-state index is 0.234. The number of ether oxygens (including phenoxy) is 1. The summed E-state index contributed by atoms with van der Waals surface area (Å²) >= 11 is 6.16. The molecule has 1 saturated heterocycles. The van der Waals surface area contributed by atoms with E-state index in [9.17, 15) is 5.11 Å². The van der Waals surface area contributed by atoms with Gasteiger partial charge in [0.05, 0.1) is 12.7 Å². The molecule has 1 heterocycles. The second kappa shape index (κ2) is 5.91. The van der Waals surface area contributed by atoms with Crippen molar-refractivity contribution in [3.8, 4) is 5.75 Å². The van der Waals surface area contributed by atoms with Gasteiger partial charge in [-0.15, -0.1) is 0 Å². The highest BCUT2D eigenvalue weighted by molar-refractivity contribution is 6.31. The Kier molecular flexibility index (Phi) is 4.49. The molecule has 0 spiro atoms. The Balaban J connectivity index is 2.15. The first-order chi connectivity index (χ1) is 8.61. The van der Waals surface area contributed by atoms with E-state index in [4.69, 9.17) is 16.3 Å². The van der Waals surface area contributed by atoms with Gasteiger partial charge in [-0.3, -0.25) is 4.90 Å². The predicted molar refractivity (Wildman–Crippen MR) is 73.0 cm³/mol.